The molecule has 1 aliphatic heterocycles. The van der Waals surface area contributed by atoms with Crippen LogP contribution in [0.5, 0.6) is 0 Å². The first-order valence-electron chi connectivity index (χ1n) is 7.79. The Morgan fingerprint density at radius 3 is 2.62 bits per heavy atom. The number of benzene rings is 1. The Morgan fingerprint density at radius 1 is 1.33 bits per heavy atom. The van der Waals surface area contributed by atoms with Crippen molar-refractivity contribution in [2.24, 2.45) is 0 Å². The van der Waals surface area contributed by atoms with Gasteiger partial charge in [-0.25, -0.2) is 13.1 Å². The molecule has 2 rings (SSSR count). The number of hydrogen-bond acceptors (Lipinski definition) is 4. The highest BCUT2D eigenvalue weighted by Gasteiger charge is 2.23. The van der Waals surface area contributed by atoms with Gasteiger partial charge in [0.2, 0.25) is 15.9 Å². The minimum Gasteiger partial charge on any atom is -0.325 e. The van der Waals surface area contributed by atoms with E-state index in [1.807, 2.05) is 0 Å². The molecule has 1 aromatic carbocycles. The van der Waals surface area contributed by atoms with Crippen LogP contribution in [0.3, 0.4) is 0 Å². The van der Waals surface area contributed by atoms with Gasteiger partial charge >= 0.3 is 0 Å². The fraction of sp³-hybridized carbons (Fsp3) is 0.562. The molecule has 24 heavy (non-hydrogen) atoms. The monoisotopic (exact) mass is 375 g/mol. The van der Waals surface area contributed by atoms with Crippen molar-refractivity contribution >= 4 is 34.0 Å². The highest BCUT2D eigenvalue weighted by Crippen LogP contribution is 2.16. The van der Waals surface area contributed by atoms with Gasteiger partial charge in [-0.05, 0) is 57.9 Å². The van der Waals surface area contributed by atoms with Crippen LogP contribution in [0.4, 0.5) is 5.69 Å². The molecule has 1 aromatic rings. The van der Waals surface area contributed by atoms with Crippen LogP contribution in [-0.4, -0.2) is 32.5 Å². The Labute approximate surface area is 150 Å². The minimum absolute atomic E-state index is 0. The second-order valence-corrected chi connectivity index (χ2v) is 8.67. The fourth-order valence-electron chi connectivity index (χ4n) is 2.60. The molecule has 1 fully saturated rings. The average molecular weight is 376 g/mol. The average Bonchev–Trinajstić information content (AvgIpc) is 2.88. The van der Waals surface area contributed by atoms with Gasteiger partial charge in [-0.2, -0.15) is 0 Å². The van der Waals surface area contributed by atoms with Crippen LogP contribution < -0.4 is 15.4 Å². The van der Waals surface area contributed by atoms with Crippen molar-refractivity contribution < 1.29 is 13.2 Å². The van der Waals surface area contributed by atoms with E-state index < -0.39 is 15.6 Å². The van der Waals surface area contributed by atoms with E-state index in [0.717, 1.165) is 19.4 Å². The molecule has 0 bridgehead atoms. The van der Waals surface area contributed by atoms with Crippen LogP contribution in [0.15, 0.2) is 24.3 Å². The molecule has 1 saturated heterocycles. The molecule has 0 radical (unpaired) electrons. The van der Waals surface area contributed by atoms with Crippen LogP contribution in [0.1, 0.15) is 39.2 Å². The number of rotatable bonds is 5. The normalized spacial score (nSPS) is 18.0. The van der Waals surface area contributed by atoms with Gasteiger partial charge in [0.1, 0.15) is 0 Å². The Morgan fingerprint density at radius 2 is 2.04 bits per heavy atom. The SMILES string of the molecule is CC(C)(C)NS(=O)(=O)Cc1cccc(NC(=O)C2CCCN2)c1.Cl. The molecule has 0 aliphatic carbocycles. The van der Waals surface area contributed by atoms with E-state index in [-0.39, 0.29) is 30.1 Å². The van der Waals surface area contributed by atoms with Gasteiger partial charge in [0.05, 0.1) is 11.8 Å². The lowest BCUT2D eigenvalue weighted by Crippen LogP contribution is -2.41. The summed E-state index contributed by atoms with van der Waals surface area (Å²) in [7, 11) is -3.43. The van der Waals surface area contributed by atoms with Crippen molar-refractivity contribution in [1.82, 2.24) is 10.0 Å². The predicted molar refractivity (Wildman–Crippen MR) is 98.9 cm³/mol. The molecule has 1 heterocycles. The van der Waals surface area contributed by atoms with E-state index in [0.29, 0.717) is 11.3 Å². The zero-order valence-electron chi connectivity index (χ0n) is 14.3. The summed E-state index contributed by atoms with van der Waals surface area (Å²) in [4.78, 5) is 12.1. The molecule has 6 nitrogen and oxygen atoms in total. The quantitative estimate of drug-likeness (QED) is 0.734. The molecule has 8 heteroatoms. The number of anilines is 1. The Balaban J connectivity index is 0.00000288. The van der Waals surface area contributed by atoms with Gasteiger partial charge in [0.15, 0.2) is 0 Å². The highest BCUT2D eigenvalue weighted by molar-refractivity contribution is 7.88. The van der Waals surface area contributed by atoms with Crippen LogP contribution in [0.25, 0.3) is 0 Å². The topological polar surface area (TPSA) is 87.3 Å². The van der Waals surface area contributed by atoms with Gasteiger partial charge in [-0.3, -0.25) is 4.79 Å². The predicted octanol–water partition coefficient (Wildman–Crippen LogP) is 2.02. The molecule has 0 aromatic heterocycles. The standard InChI is InChI=1S/C16H25N3O3S.ClH/c1-16(2,3)19-23(21,22)11-12-6-4-7-13(10-12)18-15(20)14-8-5-9-17-14;/h4,6-7,10,14,17,19H,5,8-9,11H2,1-3H3,(H,18,20);1H. The van der Waals surface area contributed by atoms with Gasteiger partial charge in [-0.15, -0.1) is 12.4 Å². The number of carbonyl (C=O) groups excluding carboxylic acids is 1. The zero-order valence-corrected chi connectivity index (χ0v) is 15.9. The molecule has 3 N–H and O–H groups in total. The van der Waals surface area contributed by atoms with Crippen LogP contribution in [0, 0.1) is 0 Å². The van der Waals surface area contributed by atoms with Crippen LogP contribution in [0.2, 0.25) is 0 Å². The molecular formula is C16H26ClN3O3S. The van der Waals surface area contributed by atoms with E-state index in [1.54, 1.807) is 45.0 Å². The van der Waals surface area contributed by atoms with Gasteiger partial charge in [-0.1, -0.05) is 12.1 Å². The molecule has 1 aliphatic rings. The lowest BCUT2D eigenvalue weighted by Gasteiger charge is -2.20. The first kappa shape index (κ1) is 20.9. The largest absolute Gasteiger partial charge is 0.325 e. The summed E-state index contributed by atoms with van der Waals surface area (Å²) >= 11 is 0. The van der Waals surface area contributed by atoms with Crippen molar-refractivity contribution in [3.05, 3.63) is 29.8 Å². The summed E-state index contributed by atoms with van der Waals surface area (Å²) < 4.78 is 26.9. The number of carbonyl (C=O) groups is 1. The van der Waals surface area contributed by atoms with Crippen molar-refractivity contribution in [1.29, 1.82) is 0 Å². The maximum Gasteiger partial charge on any atom is 0.241 e. The minimum atomic E-state index is -3.43. The molecule has 1 amide bonds. The molecular weight excluding hydrogens is 350 g/mol. The summed E-state index contributed by atoms with van der Waals surface area (Å²) in [6.45, 7) is 6.26. The summed E-state index contributed by atoms with van der Waals surface area (Å²) in [5.41, 5.74) is 0.741. The van der Waals surface area contributed by atoms with E-state index in [4.69, 9.17) is 0 Å². The fourth-order valence-corrected chi connectivity index (χ4v) is 4.22. The molecule has 1 atom stereocenters. The first-order chi connectivity index (χ1) is 10.6. The summed E-state index contributed by atoms with van der Waals surface area (Å²) in [5, 5.41) is 5.98. The zero-order chi connectivity index (χ0) is 17.1. The molecule has 0 saturated carbocycles. The number of amides is 1. The molecule has 1 unspecified atom stereocenters. The van der Waals surface area contributed by atoms with Crippen molar-refractivity contribution in [3.63, 3.8) is 0 Å². The van der Waals surface area contributed by atoms with Crippen LogP contribution >= 0.6 is 12.4 Å². The lowest BCUT2D eigenvalue weighted by atomic mass is 10.1. The van der Waals surface area contributed by atoms with E-state index in [1.165, 1.54) is 0 Å². The number of nitrogens with one attached hydrogen (secondary N) is 3. The van der Waals surface area contributed by atoms with E-state index in [9.17, 15) is 13.2 Å². The van der Waals surface area contributed by atoms with Crippen molar-refractivity contribution in [3.8, 4) is 0 Å². The van der Waals surface area contributed by atoms with Gasteiger partial charge < -0.3 is 10.6 Å². The third-order valence-corrected chi connectivity index (χ3v) is 5.03. The summed E-state index contributed by atoms with van der Waals surface area (Å²) in [5.74, 6) is -0.189. The Kier molecular flexibility index (Phi) is 7.22. The third kappa shape index (κ3) is 6.76. The summed E-state index contributed by atoms with van der Waals surface area (Å²) in [6, 6.07) is 6.80. The number of sulfonamides is 1. The van der Waals surface area contributed by atoms with Crippen LogP contribution in [-0.2, 0) is 20.6 Å². The maximum absolute atomic E-state index is 12.1. The molecule has 136 valence electrons. The van der Waals surface area contributed by atoms with E-state index in [2.05, 4.69) is 15.4 Å². The number of halogens is 1. The summed E-state index contributed by atoms with van der Waals surface area (Å²) in [6.07, 6.45) is 1.82. The molecule has 0 spiro atoms. The Bertz CT molecular complexity index is 665. The third-order valence-electron chi connectivity index (χ3n) is 3.39. The Hall–Kier alpha value is -1.15. The second-order valence-electron chi connectivity index (χ2n) is 6.95. The van der Waals surface area contributed by atoms with E-state index >= 15 is 0 Å². The second kappa shape index (κ2) is 8.29. The smallest absolute Gasteiger partial charge is 0.241 e. The van der Waals surface area contributed by atoms with Gasteiger partial charge in [0.25, 0.3) is 0 Å². The van der Waals surface area contributed by atoms with Gasteiger partial charge in [0, 0.05) is 11.2 Å². The number of hydrogen-bond donors (Lipinski definition) is 3. The lowest BCUT2D eigenvalue weighted by molar-refractivity contribution is -0.117. The highest BCUT2D eigenvalue weighted by atomic mass is 35.5. The first-order valence-corrected chi connectivity index (χ1v) is 9.45. The van der Waals surface area contributed by atoms with Crippen molar-refractivity contribution in [2.75, 3.05) is 11.9 Å². The maximum atomic E-state index is 12.1. The van der Waals surface area contributed by atoms with Crippen molar-refractivity contribution in [2.45, 2.75) is 50.9 Å².